The van der Waals surface area contributed by atoms with Gasteiger partial charge in [-0.05, 0) is 0 Å². The van der Waals surface area contributed by atoms with Crippen LogP contribution in [-0.4, -0.2) is 81.6 Å². The van der Waals surface area contributed by atoms with Crippen LogP contribution < -0.4 is 0 Å². The summed E-state index contributed by atoms with van der Waals surface area (Å²) in [6.45, 7) is 17.8. The minimum absolute atomic E-state index is 0. The van der Waals surface area contributed by atoms with Crippen molar-refractivity contribution in [1.29, 1.82) is 0 Å². The number of nitrogens with zero attached hydrogens (tertiary/aromatic N) is 6. The number of hydrogen-bond donors (Lipinski definition) is 0. The Morgan fingerprint density at radius 1 is 0.320 bits per heavy atom. The van der Waals surface area contributed by atoms with Crippen LogP contribution in [0.4, 0.5) is 0 Å². The van der Waals surface area contributed by atoms with E-state index in [1.54, 1.807) is 42.3 Å². The van der Waals surface area contributed by atoms with Crippen LogP contribution in [0.5, 0.6) is 0 Å². The van der Waals surface area contributed by atoms with Gasteiger partial charge in [-0.1, -0.05) is 41.5 Å². The van der Waals surface area contributed by atoms with E-state index in [1.807, 2.05) is 41.5 Å². The number of rotatable bonds is 6. The van der Waals surface area contributed by atoms with Crippen molar-refractivity contribution in [2.75, 3.05) is 81.6 Å². The number of hydrogen-bond acceptors (Lipinski definition) is 0. The first-order valence-corrected chi connectivity index (χ1v) is 8.82. The molecule has 0 aromatic carbocycles. The standard InChI is InChI=1S/6C3H8N.Mo/c6*1-3-4-2;/h6*3H2,1-2H3;/q6*-1;. The summed E-state index contributed by atoms with van der Waals surface area (Å²) in [5.41, 5.74) is 0. The Bertz CT molecular complexity index is 68.5. The Morgan fingerprint density at radius 2 is 0.360 bits per heavy atom. The first-order valence-electron chi connectivity index (χ1n) is 8.82. The third-order valence-electron chi connectivity index (χ3n) is 1.90. The van der Waals surface area contributed by atoms with Gasteiger partial charge in [0, 0.05) is 21.1 Å². The summed E-state index contributed by atoms with van der Waals surface area (Å²) in [5.74, 6) is 0. The van der Waals surface area contributed by atoms with Crippen LogP contribution in [0.15, 0.2) is 0 Å². The Balaban J connectivity index is -0.0000000309. The van der Waals surface area contributed by atoms with E-state index >= 15 is 0 Å². The molecular formula is C18H48MoN6-6. The van der Waals surface area contributed by atoms with Gasteiger partial charge in [0.2, 0.25) is 0 Å². The van der Waals surface area contributed by atoms with Gasteiger partial charge in [-0.3, -0.25) is 0 Å². The Labute approximate surface area is 176 Å². The minimum atomic E-state index is 0. The second kappa shape index (κ2) is 86.7. The summed E-state index contributed by atoms with van der Waals surface area (Å²) in [7, 11) is 10.8. The van der Waals surface area contributed by atoms with Gasteiger partial charge >= 0.3 is 0 Å². The summed E-state index contributed by atoms with van der Waals surface area (Å²) in [5, 5.41) is 22.4. The summed E-state index contributed by atoms with van der Waals surface area (Å²) >= 11 is 0. The third-order valence-corrected chi connectivity index (χ3v) is 1.90. The average molecular weight is 445 g/mol. The van der Waals surface area contributed by atoms with E-state index in [9.17, 15) is 0 Å². The van der Waals surface area contributed by atoms with Gasteiger partial charge < -0.3 is 31.9 Å². The van der Waals surface area contributed by atoms with Gasteiger partial charge in [0.25, 0.3) is 0 Å². The summed E-state index contributed by atoms with van der Waals surface area (Å²) in [4.78, 5) is 0. The monoisotopic (exact) mass is 446 g/mol. The molecule has 0 unspecified atom stereocenters. The zero-order valence-corrected chi connectivity index (χ0v) is 21.3. The first kappa shape index (κ1) is 44.7. The van der Waals surface area contributed by atoms with E-state index in [2.05, 4.69) is 31.9 Å². The van der Waals surface area contributed by atoms with Crippen LogP contribution in [0.1, 0.15) is 41.5 Å². The zero-order chi connectivity index (χ0) is 20.5. The summed E-state index contributed by atoms with van der Waals surface area (Å²) in [6, 6.07) is 0. The van der Waals surface area contributed by atoms with Crippen LogP contribution in [0.2, 0.25) is 0 Å². The van der Waals surface area contributed by atoms with Crippen molar-refractivity contribution in [3.63, 3.8) is 0 Å². The third kappa shape index (κ3) is 296. The van der Waals surface area contributed by atoms with Crippen molar-refractivity contribution < 1.29 is 21.1 Å². The van der Waals surface area contributed by atoms with Crippen LogP contribution in [0.25, 0.3) is 31.9 Å². The molecule has 0 bridgehead atoms. The van der Waals surface area contributed by atoms with Gasteiger partial charge in [-0.25, -0.2) is 0 Å². The van der Waals surface area contributed by atoms with Crippen molar-refractivity contribution in [2.24, 2.45) is 0 Å². The topological polar surface area (TPSA) is 84.6 Å². The van der Waals surface area contributed by atoms with Crippen molar-refractivity contribution in [2.45, 2.75) is 41.5 Å². The van der Waals surface area contributed by atoms with Crippen molar-refractivity contribution in [3.8, 4) is 0 Å². The SMILES string of the molecule is CC[N-]C.CC[N-]C.CC[N-]C.CC[N-]C.CC[N-]C.CC[N-]C.[Mo]. The molecule has 0 atom stereocenters. The van der Waals surface area contributed by atoms with Gasteiger partial charge in [-0.15, -0.1) is 0 Å². The molecule has 0 amide bonds. The molecule has 0 N–H and O–H groups in total. The zero-order valence-electron chi connectivity index (χ0n) is 19.3. The molecule has 0 rings (SSSR count). The van der Waals surface area contributed by atoms with Crippen LogP contribution >= 0.6 is 0 Å². The quantitative estimate of drug-likeness (QED) is 0.446. The molecule has 0 radical (unpaired) electrons. The molecule has 0 fully saturated rings. The second-order valence-corrected chi connectivity index (χ2v) is 3.79. The van der Waals surface area contributed by atoms with Crippen molar-refractivity contribution in [1.82, 2.24) is 0 Å². The van der Waals surface area contributed by atoms with E-state index < -0.39 is 0 Å². The normalized spacial score (nSPS) is 7.20. The maximum absolute atomic E-state index is 3.74. The molecular weight excluding hydrogens is 396 g/mol. The second-order valence-electron chi connectivity index (χ2n) is 3.79. The Morgan fingerprint density at radius 3 is 0.360 bits per heavy atom. The maximum Gasteiger partial charge on any atom is 0 e. The molecule has 162 valence electrons. The molecule has 7 heteroatoms. The average Bonchev–Trinajstić information content (AvgIpc) is 2.68. The van der Waals surface area contributed by atoms with Gasteiger partial charge in [0.1, 0.15) is 0 Å². The van der Waals surface area contributed by atoms with E-state index in [-0.39, 0.29) is 21.1 Å². The van der Waals surface area contributed by atoms with E-state index in [1.165, 1.54) is 0 Å². The predicted molar refractivity (Wildman–Crippen MR) is 119 cm³/mol. The fraction of sp³-hybridized carbons (Fsp3) is 1.00. The van der Waals surface area contributed by atoms with E-state index in [4.69, 9.17) is 0 Å². The molecule has 0 aliphatic rings. The fourth-order valence-corrected chi connectivity index (χ4v) is 0. The van der Waals surface area contributed by atoms with Crippen molar-refractivity contribution in [3.05, 3.63) is 31.9 Å². The Kier molecular flexibility index (Phi) is 155. The molecule has 6 nitrogen and oxygen atoms in total. The van der Waals surface area contributed by atoms with Crippen LogP contribution in [0, 0.1) is 0 Å². The van der Waals surface area contributed by atoms with Crippen molar-refractivity contribution >= 4 is 0 Å². The molecule has 25 heavy (non-hydrogen) atoms. The molecule has 0 saturated carbocycles. The maximum atomic E-state index is 3.74. The molecule has 0 aromatic rings. The van der Waals surface area contributed by atoms with Gasteiger partial charge in [-0.2, -0.15) is 81.6 Å². The summed E-state index contributed by atoms with van der Waals surface area (Å²) < 4.78 is 0. The first-order chi connectivity index (χ1) is 11.5. The molecule has 0 heterocycles. The Hall–Kier alpha value is 0.448. The van der Waals surface area contributed by atoms with Gasteiger partial charge in [0.05, 0.1) is 0 Å². The van der Waals surface area contributed by atoms with Gasteiger partial charge in [0.15, 0.2) is 0 Å². The molecule has 0 saturated heterocycles. The smallest absolute Gasteiger partial charge is 0 e. The van der Waals surface area contributed by atoms with Crippen LogP contribution in [0.3, 0.4) is 0 Å². The molecule has 0 aliphatic carbocycles. The molecule has 0 spiro atoms. The molecule has 0 aliphatic heterocycles. The summed E-state index contributed by atoms with van der Waals surface area (Å²) in [6.07, 6.45) is 0. The van der Waals surface area contributed by atoms with E-state index in [0.29, 0.717) is 0 Å². The fourth-order valence-electron chi connectivity index (χ4n) is 0. The predicted octanol–water partition coefficient (Wildman–Crippen LogP) is 6.06. The van der Waals surface area contributed by atoms with E-state index in [0.717, 1.165) is 39.3 Å². The minimum Gasteiger partial charge on any atom is -0.665 e. The van der Waals surface area contributed by atoms with Crippen LogP contribution in [-0.2, 0) is 21.1 Å². The largest absolute Gasteiger partial charge is 0.665 e. The molecule has 0 aromatic heterocycles.